The van der Waals surface area contributed by atoms with Crippen molar-refractivity contribution in [3.05, 3.63) is 152 Å². The molecule has 1 aliphatic rings. The third kappa shape index (κ3) is 9.87. The molecule has 17 heteroatoms. The fraction of sp³-hybridized carbons (Fsp3) is 0.188. The maximum atomic E-state index is 12.9. The van der Waals surface area contributed by atoms with E-state index in [9.17, 15) is 14.9 Å². The number of carbonyl (C=O) groups is 2. The van der Waals surface area contributed by atoms with Crippen molar-refractivity contribution in [3.63, 3.8) is 0 Å². The van der Waals surface area contributed by atoms with E-state index in [1.54, 1.807) is 65.6 Å². The highest BCUT2D eigenvalue weighted by Crippen LogP contribution is 2.30. The standard InChI is InChI=1S/C26H22Cl2N6O.C22H18Cl2N4O2/c1-33-12-10-22-23(33)25(30-15-18-8-9-19(27)13-21(18)28)32-24(31-22)16-4-6-17(7-5-16)26(35)34-11-2-3-20(34)14-29;1-28-10-9-18-19(28)21(25-12-15-7-8-16(23)11-17(15)24)27-20(26-18)13-3-5-14(6-4-13)22(29)30-2/h4-10,12-13,20H,2-3,11,15H2,1H3,(H,30,31,32);3-11H,12H2,1-2H3,(H,25,26,27)/t20-;/m0./s1. The van der Waals surface area contributed by atoms with E-state index in [1.165, 1.54) is 7.11 Å². The van der Waals surface area contributed by atoms with Crippen LogP contribution in [0.15, 0.2) is 109 Å². The zero-order valence-electron chi connectivity index (χ0n) is 35.3. The number of nitrogens with one attached hydrogen (secondary N) is 2. The maximum absolute atomic E-state index is 12.9. The van der Waals surface area contributed by atoms with Crippen molar-refractivity contribution >= 4 is 92.0 Å². The van der Waals surface area contributed by atoms with Crippen LogP contribution in [0.25, 0.3) is 44.8 Å². The minimum Gasteiger partial charge on any atom is -0.465 e. The van der Waals surface area contributed by atoms with Gasteiger partial charge in [-0.1, -0.05) is 82.8 Å². The molecule has 1 atom stereocenters. The van der Waals surface area contributed by atoms with Crippen molar-refractivity contribution in [2.75, 3.05) is 24.3 Å². The molecule has 13 nitrogen and oxygen atoms in total. The SMILES string of the molecule is COC(=O)c1ccc(-c2nc(NCc3ccc(Cl)cc3Cl)c3c(ccn3C)n2)cc1.Cn1ccc2nc(-c3ccc(C(=O)N4CCC[C@H]4C#N)cc3)nc(NCc3ccc(Cl)cc3Cl)c21. The summed E-state index contributed by atoms with van der Waals surface area (Å²) in [5.74, 6) is 1.95. The van der Waals surface area contributed by atoms with Crippen LogP contribution in [0.2, 0.25) is 20.1 Å². The van der Waals surface area contributed by atoms with E-state index in [1.807, 2.05) is 72.0 Å². The van der Waals surface area contributed by atoms with Gasteiger partial charge in [0.2, 0.25) is 0 Å². The van der Waals surface area contributed by atoms with Crippen molar-refractivity contribution in [1.82, 2.24) is 34.0 Å². The van der Waals surface area contributed by atoms with Gasteiger partial charge in [-0.05, 0) is 84.6 Å². The molecule has 65 heavy (non-hydrogen) atoms. The van der Waals surface area contributed by atoms with Gasteiger partial charge in [0.1, 0.15) is 17.1 Å². The zero-order chi connectivity index (χ0) is 45.8. The molecule has 8 aromatic rings. The summed E-state index contributed by atoms with van der Waals surface area (Å²) in [5.41, 5.74) is 7.78. The number of anilines is 2. The Morgan fingerprint density at radius 2 is 1.17 bits per heavy atom. The van der Waals surface area contributed by atoms with Gasteiger partial charge in [0.05, 0.1) is 29.8 Å². The number of hydrogen-bond donors (Lipinski definition) is 2. The number of likely N-dealkylation sites (tertiary alicyclic amines) is 1. The Hall–Kier alpha value is -6.69. The first-order valence-electron chi connectivity index (χ1n) is 20.4. The quantitative estimate of drug-likeness (QED) is 0.127. The van der Waals surface area contributed by atoms with Gasteiger partial charge in [0.25, 0.3) is 5.91 Å². The Bertz CT molecular complexity index is 3110. The summed E-state index contributed by atoms with van der Waals surface area (Å²) in [6.45, 7) is 1.56. The number of esters is 1. The molecule has 0 aliphatic carbocycles. The molecule has 2 N–H and O–H groups in total. The second-order valence-electron chi connectivity index (χ2n) is 15.2. The van der Waals surface area contributed by atoms with E-state index in [-0.39, 0.29) is 17.9 Å². The van der Waals surface area contributed by atoms with E-state index >= 15 is 0 Å². The normalized spacial score (nSPS) is 13.3. The summed E-state index contributed by atoms with van der Waals surface area (Å²) in [4.78, 5) is 45.1. The number of nitriles is 1. The molecule has 1 saturated heterocycles. The average Bonchev–Trinajstić information content (AvgIpc) is 4.06. The smallest absolute Gasteiger partial charge is 0.337 e. The molecule has 9 rings (SSSR count). The number of methoxy groups -OCH3 is 1. The summed E-state index contributed by atoms with van der Waals surface area (Å²) in [6.07, 6.45) is 5.45. The highest BCUT2D eigenvalue weighted by atomic mass is 35.5. The summed E-state index contributed by atoms with van der Waals surface area (Å²) in [7, 11) is 5.24. The number of benzene rings is 4. The maximum Gasteiger partial charge on any atom is 0.337 e. The first-order chi connectivity index (χ1) is 31.4. The number of carbonyl (C=O) groups excluding carboxylic acids is 2. The van der Waals surface area contributed by atoms with Gasteiger partial charge in [-0.15, -0.1) is 0 Å². The zero-order valence-corrected chi connectivity index (χ0v) is 38.3. The van der Waals surface area contributed by atoms with Crippen LogP contribution < -0.4 is 10.6 Å². The predicted molar refractivity (Wildman–Crippen MR) is 256 cm³/mol. The van der Waals surface area contributed by atoms with Crippen LogP contribution in [-0.4, -0.2) is 65.5 Å². The first kappa shape index (κ1) is 44.9. The van der Waals surface area contributed by atoms with Crippen LogP contribution in [0.5, 0.6) is 0 Å². The number of nitrogens with zero attached hydrogens (tertiary/aromatic N) is 8. The number of aryl methyl sites for hydroxylation is 2. The molecule has 1 aliphatic heterocycles. The van der Waals surface area contributed by atoms with E-state index in [0.717, 1.165) is 57.2 Å². The molecular formula is C48H40Cl4N10O3. The van der Waals surface area contributed by atoms with E-state index in [4.69, 9.17) is 66.1 Å². The number of rotatable bonds is 10. The van der Waals surface area contributed by atoms with Crippen LogP contribution >= 0.6 is 46.4 Å². The Morgan fingerprint density at radius 1 is 0.692 bits per heavy atom. The fourth-order valence-corrected chi connectivity index (χ4v) is 8.47. The van der Waals surface area contributed by atoms with E-state index in [2.05, 4.69) is 21.7 Å². The van der Waals surface area contributed by atoms with Crippen LogP contribution in [0.3, 0.4) is 0 Å². The number of halogens is 4. The molecule has 1 fully saturated rings. The van der Waals surface area contributed by atoms with Crippen molar-refractivity contribution in [3.8, 4) is 28.8 Å². The Morgan fingerprint density at radius 3 is 1.62 bits per heavy atom. The van der Waals surface area contributed by atoms with Crippen molar-refractivity contribution in [2.24, 2.45) is 14.1 Å². The highest BCUT2D eigenvalue weighted by Gasteiger charge is 2.29. The van der Waals surface area contributed by atoms with Crippen LogP contribution in [-0.2, 0) is 31.9 Å². The van der Waals surface area contributed by atoms with E-state index in [0.29, 0.717) is 74.1 Å². The molecule has 4 aromatic heterocycles. The van der Waals surface area contributed by atoms with Gasteiger partial charge in [0.15, 0.2) is 23.3 Å². The lowest BCUT2D eigenvalue weighted by Gasteiger charge is -2.19. The molecule has 0 radical (unpaired) electrons. The topological polar surface area (TPSA) is 156 Å². The minimum atomic E-state index is -0.386. The van der Waals surface area contributed by atoms with Gasteiger partial charge in [-0.25, -0.2) is 24.7 Å². The molecule has 0 unspecified atom stereocenters. The van der Waals surface area contributed by atoms with Crippen molar-refractivity contribution in [1.29, 1.82) is 5.26 Å². The van der Waals surface area contributed by atoms with Gasteiger partial charge in [0, 0.05) is 82.9 Å². The number of fused-ring (bicyclic) bond motifs is 2. The van der Waals surface area contributed by atoms with Crippen molar-refractivity contribution < 1.29 is 14.3 Å². The van der Waals surface area contributed by atoms with E-state index < -0.39 is 0 Å². The number of hydrogen-bond acceptors (Lipinski definition) is 10. The summed E-state index contributed by atoms with van der Waals surface area (Å²) in [6, 6.07) is 30.8. The molecule has 5 heterocycles. The van der Waals surface area contributed by atoms with Crippen molar-refractivity contribution in [2.45, 2.75) is 32.0 Å². The van der Waals surface area contributed by atoms with Crippen LogP contribution in [0.4, 0.5) is 11.6 Å². The third-order valence-corrected chi connectivity index (χ3v) is 12.2. The van der Waals surface area contributed by atoms with Gasteiger partial charge < -0.3 is 29.4 Å². The Labute approximate surface area is 394 Å². The molecule has 0 saturated carbocycles. The Balaban J connectivity index is 0.000000179. The first-order valence-corrected chi connectivity index (χ1v) is 21.9. The van der Waals surface area contributed by atoms with Gasteiger partial charge >= 0.3 is 5.97 Å². The lowest BCUT2D eigenvalue weighted by Crippen LogP contribution is -2.34. The predicted octanol–water partition coefficient (Wildman–Crippen LogP) is 11.0. The van der Waals surface area contributed by atoms with Gasteiger partial charge in [-0.2, -0.15) is 5.26 Å². The second-order valence-corrected chi connectivity index (χ2v) is 16.9. The number of ether oxygens (including phenoxy) is 1. The van der Waals surface area contributed by atoms with Gasteiger partial charge in [-0.3, -0.25) is 4.79 Å². The summed E-state index contributed by atoms with van der Waals surface area (Å²) >= 11 is 24.7. The molecule has 4 aromatic carbocycles. The largest absolute Gasteiger partial charge is 0.465 e. The number of aromatic nitrogens is 6. The Kier molecular flexibility index (Phi) is 13.5. The fourth-order valence-electron chi connectivity index (χ4n) is 7.52. The summed E-state index contributed by atoms with van der Waals surface area (Å²) < 4.78 is 8.68. The monoisotopic (exact) mass is 944 g/mol. The second kappa shape index (κ2) is 19.6. The third-order valence-electron chi connectivity index (χ3n) is 11.0. The number of amides is 1. The van der Waals surface area contributed by atoms with Crippen LogP contribution in [0.1, 0.15) is 44.7 Å². The molecule has 0 bridgehead atoms. The molecular weight excluding hydrogens is 906 g/mol. The molecule has 1 amide bonds. The lowest BCUT2D eigenvalue weighted by atomic mass is 10.1. The molecule has 328 valence electrons. The molecule has 0 spiro atoms. The van der Waals surface area contributed by atoms with Crippen LogP contribution in [0, 0.1) is 11.3 Å². The lowest BCUT2D eigenvalue weighted by molar-refractivity contribution is 0.0600. The minimum absolute atomic E-state index is 0.123. The average molecular weight is 947 g/mol. The highest BCUT2D eigenvalue weighted by molar-refractivity contribution is 6.35. The summed E-state index contributed by atoms with van der Waals surface area (Å²) in [5, 5.41) is 18.4.